The summed E-state index contributed by atoms with van der Waals surface area (Å²) < 4.78 is 18.1. The lowest BCUT2D eigenvalue weighted by Crippen LogP contribution is -2.39. The molecule has 0 atom stereocenters. The molecule has 28 heavy (non-hydrogen) atoms. The molecule has 0 unspecified atom stereocenters. The number of hydrogen-bond donors (Lipinski definition) is 1. The highest BCUT2D eigenvalue weighted by Gasteiger charge is 2.14. The van der Waals surface area contributed by atoms with E-state index in [0.29, 0.717) is 25.3 Å². The topological polar surface area (TPSA) is 86.0 Å². The Bertz CT molecular complexity index is 765. The van der Waals surface area contributed by atoms with Crippen LogP contribution in [0.3, 0.4) is 0 Å². The summed E-state index contributed by atoms with van der Waals surface area (Å²) in [6.45, 7) is 4.00. The molecule has 1 aromatic heterocycles. The maximum atomic E-state index is 5.51. The highest BCUT2D eigenvalue weighted by Crippen LogP contribution is 2.34. The quantitative estimate of drug-likeness (QED) is 0.513. The van der Waals surface area contributed by atoms with E-state index in [9.17, 15) is 0 Å². The van der Waals surface area contributed by atoms with Crippen molar-refractivity contribution in [2.45, 2.75) is 19.9 Å². The molecule has 0 spiro atoms. The Hall–Kier alpha value is -2.97. The second-order valence-electron chi connectivity index (χ2n) is 6.15. The van der Waals surface area contributed by atoms with Gasteiger partial charge in [0.2, 0.25) is 0 Å². The Labute approximate surface area is 166 Å². The van der Waals surface area contributed by atoms with Crippen LogP contribution in [0.25, 0.3) is 0 Å². The maximum Gasteiger partial charge on any atom is 0.194 e. The van der Waals surface area contributed by atoms with E-state index in [1.54, 1.807) is 32.3 Å². The number of hydrogen-bond acceptors (Lipinski definition) is 6. The van der Waals surface area contributed by atoms with Gasteiger partial charge in [-0.25, -0.2) is 4.98 Å². The van der Waals surface area contributed by atoms with Crippen LogP contribution in [0.5, 0.6) is 17.2 Å². The molecule has 0 aliphatic carbocycles. The zero-order chi connectivity index (χ0) is 20.5. The molecule has 2 aromatic rings. The Balaban J connectivity index is 2.14. The van der Waals surface area contributed by atoms with E-state index >= 15 is 0 Å². The van der Waals surface area contributed by atoms with Crippen LogP contribution in [0.15, 0.2) is 23.5 Å². The number of ether oxygens (including phenoxy) is 3. The molecule has 0 saturated carbocycles. The van der Waals surface area contributed by atoms with Crippen molar-refractivity contribution >= 4 is 5.96 Å². The average molecular weight is 390 g/mol. The van der Waals surface area contributed by atoms with E-state index in [0.717, 1.165) is 35.4 Å². The van der Waals surface area contributed by atoms with Gasteiger partial charge in [-0.3, -0.25) is 9.67 Å². The van der Waals surface area contributed by atoms with Crippen molar-refractivity contribution in [1.29, 1.82) is 0 Å². The number of nitrogens with one attached hydrogen (secondary N) is 1. The van der Waals surface area contributed by atoms with E-state index < -0.39 is 0 Å². The van der Waals surface area contributed by atoms with Crippen LogP contribution in [-0.2, 0) is 20.0 Å². The molecular weight excluding hydrogens is 360 g/mol. The Morgan fingerprint density at radius 2 is 1.86 bits per heavy atom. The van der Waals surface area contributed by atoms with Gasteiger partial charge in [-0.05, 0) is 13.3 Å². The monoisotopic (exact) mass is 390 g/mol. The number of aryl methyl sites for hydroxylation is 1. The lowest BCUT2D eigenvalue weighted by Gasteiger charge is -2.21. The second kappa shape index (κ2) is 10.4. The third-order valence-electron chi connectivity index (χ3n) is 4.32. The standard InChI is InChI=1S/C19H30N6O3/c1-7-20-19(24(2)12-18-22-13-23-25(18)3)21-9-8-15-16(27-5)10-14(26-4)11-17(15)28-6/h10-11,13H,7-9,12H2,1-6H3,(H,20,21). The summed E-state index contributed by atoms with van der Waals surface area (Å²) in [7, 11) is 8.75. The summed E-state index contributed by atoms with van der Waals surface area (Å²) >= 11 is 0. The van der Waals surface area contributed by atoms with Crippen molar-refractivity contribution in [2.24, 2.45) is 12.0 Å². The number of guanidine groups is 1. The van der Waals surface area contributed by atoms with Crippen LogP contribution in [0.1, 0.15) is 18.3 Å². The van der Waals surface area contributed by atoms with Crippen molar-refractivity contribution in [3.05, 3.63) is 29.8 Å². The summed E-state index contributed by atoms with van der Waals surface area (Å²) in [5.74, 6) is 3.81. The van der Waals surface area contributed by atoms with Gasteiger partial charge in [0.1, 0.15) is 29.4 Å². The normalized spacial score (nSPS) is 11.3. The third-order valence-corrected chi connectivity index (χ3v) is 4.32. The first kappa shape index (κ1) is 21.3. The first-order chi connectivity index (χ1) is 13.5. The lowest BCUT2D eigenvalue weighted by molar-refractivity contribution is 0.369. The summed E-state index contributed by atoms with van der Waals surface area (Å²) in [6, 6.07) is 3.71. The summed E-state index contributed by atoms with van der Waals surface area (Å²) in [5.41, 5.74) is 0.960. The molecule has 9 heteroatoms. The molecule has 0 aliphatic heterocycles. The fraction of sp³-hybridized carbons (Fsp3) is 0.526. The van der Waals surface area contributed by atoms with Gasteiger partial charge in [-0.2, -0.15) is 5.10 Å². The van der Waals surface area contributed by atoms with E-state index in [-0.39, 0.29) is 0 Å². The van der Waals surface area contributed by atoms with Crippen molar-refractivity contribution < 1.29 is 14.2 Å². The van der Waals surface area contributed by atoms with Crippen LogP contribution in [0.4, 0.5) is 0 Å². The predicted octanol–water partition coefficient (Wildman–Crippen LogP) is 1.48. The highest BCUT2D eigenvalue weighted by molar-refractivity contribution is 5.79. The molecule has 2 rings (SSSR count). The van der Waals surface area contributed by atoms with Crippen LogP contribution in [0, 0.1) is 0 Å². The largest absolute Gasteiger partial charge is 0.496 e. The molecule has 154 valence electrons. The summed E-state index contributed by atoms with van der Waals surface area (Å²) in [6.07, 6.45) is 2.22. The SMILES string of the molecule is CCNC(=NCCc1c(OC)cc(OC)cc1OC)N(C)Cc1ncnn1C. The van der Waals surface area contributed by atoms with Gasteiger partial charge in [0.15, 0.2) is 5.96 Å². The number of benzene rings is 1. The minimum absolute atomic E-state index is 0.574. The molecule has 1 N–H and O–H groups in total. The van der Waals surface area contributed by atoms with E-state index in [4.69, 9.17) is 19.2 Å². The number of aliphatic imine (C=N–C) groups is 1. The maximum absolute atomic E-state index is 5.51. The van der Waals surface area contributed by atoms with Crippen molar-refractivity contribution in [3.8, 4) is 17.2 Å². The molecule has 0 radical (unpaired) electrons. The minimum atomic E-state index is 0.574. The van der Waals surface area contributed by atoms with Crippen LogP contribution >= 0.6 is 0 Å². The number of aromatic nitrogens is 3. The predicted molar refractivity (Wildman–Crippen MR) is 108 cm³/mol. The molecule has 9 nitrogen and oxygen atoms in total. The van der Waals surface area contributed by atoms with Crippen molar-refractivity contribution in [1.82, 2.24) is 25.0 Å². The fourth-order valence-corrected chi connectivity index (χ4v) is 2.82. The van der Waals surface area contributed by atoms with Crippen LogP contribution < -0.4 is 19.5 Å². The molecular formula is C19H30N6O3. The molecule has 0 bridgehead atoms. The highest BCUT2D eigenvalue weighted by atomic mass is 16.5. The minimum Gasteiger partial charge on any atom is -0.496 e. The van der Waals surface area contributed by atoms with Crippen molar-refractivity contribution in [2.75, 3.05) is 41.5 Å². The van der Waals surface area contributed by atoms with Crippen molar-refractivity contribution in [3.63, 3.8) is 0 Å². The first-order valence-electron chi connectivity index (χ1n) is 9.15. The molecule has 0 aliphatic rings. The van der Waals surface area contributed by atoms with E-state index in [1.165, 1.54) is 0 Å². The Morgan fingerprint density at radius 1 is 1.18 bits per heavy atom. The Morgan fingerprint density at radius 3 is 2.36 bits per heavy atom. The van der Waals surface area contributed by atoms with Crippen LogP contribution in [0.2, 0.25) is 0 Å². The zero-order valence-corrected chi connectivity index (χ0v) is 17.5. The third kappa shape index (κ3) is 5.28. The first-order valence-corrected chi connectivity index (χ1v) is 9.15. The fourth-order valence-electron chi connectivity index (χ4n) is 2.82. The van der Waals surface area contributed by atoms with Gasteiger partial charge in [-0.1, -0.05) is 0 Å². The number of methoxy groups -OCH3 is 3. The second-order valence-corrected chi connectivity index (χ2v) is 6.15. The summed E-state index contributed by atoms with van der Waals surface area (Å²) in [5, 5.41) is 7.42. The van der Waals surface area contributed by atoms with Gasteiger partial charge in [-0.15, -0.1) is 0 Å². The summed E-state index contributed by atoms with van der Waals surface area (Å²) in [4.78, 5) is 11.0. The van der Waals surface area contributed by atoms with Gasteiger partial charge >= 0.3 is 0 Å². The van der Waals surface area contributed by atoms with Crippen LogP contribution in [-0.4, -0.2) is 67.1 Å². The van der Waals surface area contributed by atoms with E-state index in [2.05, 4.69) is 15.4 Å². The van der Waals surface area contributed by atoms with Gasteiger partial charge < -0.3 is 24.4 Å². The van der Waals surface area contributed by atoms with E-state index in [1.807, 2.05) is 38.1 Å². The zero-order valence-electron chi connectivity index (χ0n) is 17.5. The van der Waals surface area contributed by atoms with Gasteiger partial charge in [0.05, 0.1) is 27.9 Å². The Kier molecular flexibility index (Phi) is 7.91. The molecule has 1 aromatic carbocycles. The number of nitrogens with zero attached hydrogens (tertiary/aromatic N) is 5. The smallest absolute Gasteiger partial charge is 0.194 e. The lowest BCUT2D eigenvalue weighted by atomic mass is 10.1. The number of rotatable bonds is 9. The molecule has 0 amide bonds. The molecule has 0 saturated heterocycles. The molecule has 1 heterocycles. The molecule has 0 fully saturated rings. The van der Waals surface area contributed by atoms with Gasteiger partial charge in [0.25, 0.3) is 0 Å². The van der Waals surface area contributed by atoms with Gasteiger partial charge in [0, 0.05) is 44.9 Å². The average Bonchev–Trinajstić information content (AvgIpc) is 3.11.